The summed E-state index contributed by atoms with van der Waals surface area (Å²) in [4.78, 5) is 70.3. The van der Waals surface area contributed by atoms with Crippen molar-refractivity contribution >= 4 is 35.6 Å². The number of nitrogens with one attached hydrogen (secondary N) is 3. The molecule has 0 radical (unpaired) electrons. The van der Waals surface area contributed by atoms with Crippen LogP contribution in [0, 0.1) is 5.92 Å². The molecule has 256 valence electrons. The van der Waals surface area contributed by atoms with Crippen LogP contribution in [0.5, 0.6) is 5.75 Å². The first-order valence-electron chi connectivity index (χ1n) is 15.3. The van der Waals surface area contributed by atoms with Crippen LogP contribution in [-0.4, -0.2) is 105 Å². The predicted octanol–water partition coefficient (Wildman–Crippen LogP) is -1.73. The Morgan fingerprint density at radius 1 is 1.00 bits per heavy atom. The Hall–Kier alpha value is -4.44. The molecule has 16 nitrogen and oxygen atoms in total. The number of aliphatic hydroxyl groups is 1. The number of carboxylic acid groups (broad SMARTS) is 1. The second kappa shape index (κ2) is 17.9. The van der Waals surface area contributed by atoms with Gasteiger partial charge in [-0.15, -0.1) is 0 Å². The first-order valence-corrected chi connectivity index (χ1v) is 15.3. The number of aromatic hydroxyl groups is 1. The number of hydrogen-bond donors (Lipinski definition) is 9. The second-order valence-corrected chi connectivity index (χ2v) is 11.9. The zero-order chi connectivity index (χ0) is 34.6. The summed E-state index contributed by atoms with van der Waals surface area (Å²) in [7, 11) is 0. The number of aliphatic imine (C=N–C) groups is 1. The van der Waals surface area contributed by atoms with Gasteiger partial charge in [0.1, 0.15) is 23.9 Å². The molecular weight excluding hydrogens is 600 g/mol. The van der Waals surface area contributed by atoms with Gasteiger partial charge in [0.25, 0.3) is 0 Å². The van der Waals surface area contributed by atoms with Crippen molar-refractivity contribution in [2.75, 3.05) is 13.1 Å². The van der Waals surface area contributed by atoms with Crippen LogP contribution in [0.4, 0.5) is 0 Å². The Balaban J connectivity index is 2.25. The van der Waals surface area contributed by atoms with Gasteiger partial charge in [0.05, 0.1) is 12.1 Å². The molecule has 1 fully saturated rings. The molecule has 4 amide bonds. The van der Waals surface area contributed by atoms with E-state index in [-0.39, 0.29) is 56.4 Å². The van der Waals surface area contributed by atoms with Gasteiger partial charge in [-0.3, -0.25) is 24.2 Å². The van der Waals surface area contributed by atoms with Gasteiger partial charge in [-0.05, 0) is 62.6 Å². The molecular formula is C30H48N8O8. The third-order valence-corrected chi connectivity index (χ3v) is 7.52. The molecule has 1 aliphatic rings. The van der Waals surface area contributed by atoms with Gasteiger partial charge in [-0.2, -0.15) is 0 Å². The molecule has 12 N–H and O–H groups in total. The van der Waals surface area contributed by atoms with E-state index < -0.39 is 65.9 Å². The highest BCUT2D eigenvalue weighted by Crippen LogP contribution is 2.21. The SMILES string of the molecule is CC(C)C[C@H](NC(=O)[C@H](Cc1ccc(O)cc1)NC(=O)[C@@H](N)CCCN=C(N)N)C(=O)N1CCC[C@H]1C(=O)N[C@@H](C(=O)O)[C@H](C)O. The van der Waals surface area contributed by atoms with Gasteiger partial charge in [-0.1, -0.05) is 26.0 Å². The van der Waals surface area contributed by atoms with E-state index in [1.807, 2.05) is 13.8 Å². The number of phenolic OH excluding ortho intramolecular Hbond substituents is 1. The zero-order valence-electron chi connectivity index (χ0n) is 26.5. The molecule has 1 aliphatic heterocycles. The van der Waals surface area contributed by atoms with E-state index in [0.29, 0.717) is 18.4 Å². The predicted molar refractivity (Wildman–Crippen MR) is 169 cm³/mol. The highest BCUT2D eigenvalue weighted by atomic mass is 16.4. The van der Waals surface area contributed by atoms with Crippen LogP contribution in [0.15, 0.2) is 29.3 Å². The lowest BCUT2D eigenvalue weighted by molar-refractivity contribution is -0.147. The summed E-state index contributed by atoms with van der Waals surface area (Å²) in [5.74, 6) is -4.05. The monoisotopic (exact) mass is 648 g/mol. The van der Waals surface area contributed by atoms with E-state index in [2.05, 4.69) is 20.9 Å². The van der Waals surface area contributed by atoms with Gasteiger partial charge in [0, 0.05) is 19.5 Å². The van der Waals surface area contributed by atoms with E-state index in [4.69, 9.17) is 17.2 Å². The van der Waals surface area contributed by atoms with Crippen molar-refractivity contribution in [3.8, 4) is 5.75 Å². The van der Waals surface area contributed by atoms with Gasteiger partial charge >= 0.3 is 5.97 Å². The van der Waals surface area contributed by atoms with Crippen molar-refractivity contribution < 1.29 is 39.3 Å². The van der Waals surface area contributed by atoms with E-state index in [9.17, 15) is 39.3 Å². The number of hydrogen-bond acceptors (Lipinski definition) is 9. The average Bonchev–Trinajstić information content (AvgIpc) is 3.47. The van der Waals surface area contributed by atoms with Crippen molar-refractivity contribution in [1.82, 2.24) is 20.9 Å². The number of aliphatic carboxylic acids is 1. The number of benzene rings is 1. The second-order valence-electron chi connectivity index (χ2n) is 11.9. The maximum atomic E-state index is 13.8. The smallest absolute Gasteiger partial charge is 0.328 e. The third kappa shape index (κ3) is 11.8. The quantitative estimate of drug-likeness (QED) is 0.0520. The molecule has 6 atom stereocenters. The molecule has 0 aliphatic carbocycles. The van der Waals surface area contributed by atoms with Crippen LogP contribution in [0.25, 0.3) is 0 Å². The van der Waals surface area contributed by atoms with Crippen LogP contribution >= 0.6 is 0 Å². The number of nitrogens with zero attached hydrogens (tertiary/aromatic N) is 2. The summed E-state index contributed by atoms with van der Waals surface area (Å²) < 4.78 is 0. The minimum atomic E-state index is -1.56. The molecule has 0 spiro atoms. The van der Waals surface area contributed by atoms with Crippen LogP contribution in [0.1, 0.15) is 58.4 Å². The summed E-state index contributed by atoms with van der Waals surface area (Å²) in [6.45, 7) is 5.43. The fourth-order valence-corrected chi connectivity index (χ4v) is 5.11. The first-order chi connectivity index (χ1) is 21.6. The zero-order valence-corrected chi connectivity index (χ0v) is 26.5. The number of guanidine groups is 1. The number of carboxylic acids is 1. The molecule has 16 heteroatoms. The molecule has 46 heavy (non-hydrogen) atoms. The number of amides is 4. The largest absolute Gasteiger partial charge is 0.508 e. The third-order valence-electron chi connectivity index (χ3n) is 7.52. The molecule has 0 bridgehead atoms. The molecule has 1 aromatic carbocycles. The number of carbonyl (C=O) groups excluding carboxylic acids is 4. The van der Waals surface area contributed by atoms with E-state index >= 15 is 0 Å². The van der Waals surface area contributed by atoms with Crippen LogP contribution < -0.4 is 33.2 Å². The lowest BCUT2D eigenvalue weighted by Crippen LogP contribution is -2.59. The first kappa shape index (κ1) is 37.7. The van der Waals surface area contributed by atoms with Crippen molar-refractivity contribution in [3.05, 3.63) is 29.8 Å². The van der Waals surface area contributed by atoms with E-state index in [1.54, 1.807) is 12.1 Å². The number of carbonyl (C=O) groups is 5. The lowest BCUT2D eigenvalue weighted by Gasteiger charge is -2.31. The van der Waals surface area contributed by atoms with Crippen LogP contribution in [0.2, 0.25) is 0 Å². The standard InChI is InChI=1S/C30H48N8O8/c1-16(2)14-22(28(44)38-13-5-7-23(38)27(43)37-24(17(3)39)29(45)46)36-26(42)21(15-18-8-10-19(40)11-9-18)35-25(41)20(31)6-4-12-34-30(32)33/h8-11,16-17,20-24,39-40H,4-7,12-15,31H2,1-3H3,(H,35,41)(H,36,42)(H,37,43)(H,45,46)(H4,32,33,34)/t17-,20-,21-,22-,23-,24+/m0/s1. The molecule has 0 saturated carbocycles. The van der Waals surface area contributed by atoms with Gasteiger partial charge in [0.15, 0.2) is 12.0 Å². The summed E-state index contributed by atoms with van der Waals surface area (Å²) >= 11 is 0. The average molecular weight is 649 g/mol. The van der Waals surface area contributed by atoms with Crippen LogP contribution in [0.3, 0.4) is 0 Å². The van der Waals surface area contributed by atoms with Crippen LogP contribution in [-0.2, 0) is 30.4 Å². The molecule has 2 rings (SSSR count). The Morgan fingerprint density at radius 3 is 2.20 bits per heavy atom. The van der Waals surface area contributed by atoms with Gasteiger partial charge in [-0.25, -0.2) is 4.79 Å². The number of likely N-dealkylation sites (tertiary alicyclic amines) is 1. The number of nitrogens with two attached hydrogens (primary N) is 3. The normalized spacial score (nSPS) is 17.7. The fraction of sp³-hybridized carbons (Fsp3) is 0.600. The molecule has 0 unspecified atom stereocenters. The Morgan fingerprint density at radius 2 is 1.63 bits per heavy atom. The highest BCUT2D eigenvalue weighted by molar-refractivity contribution is 5.96. The summed E-state index contributed by atoms with van der Waals surface area (Å²) in [5.41, 5.74) is 17.3. The Bertz CT molecular complexity index is 1240. The molecule has 1 saturated heterocycles. The maximum absolute atomic E-state index is 13.8. The van der Waals surface area contributed by atoms with E-state index in [1.165, 1.54) is 24.0 Å². The van der Waals surface area contributed by atoms with Crippen molar-refractivity contribution in [2.24, 2.45) is 28.1 Å². The molecule has 1 aromatic rings. The van der Waals surface area contributed by atoms with Gasteiger partial charge in [0.2, 0.25) is 23.6 Å². The minimum absolute atomic E-state index is 0.0197. The fourth-order valence-electron chi connectivity index (χ4n) is 5.11. The summed E-state index contributed by atoms with van der Waals surface area (Å²) in [6, 6.07) is 0.330. The minimum Gasteiger partial charge on any atom is -0.508 e. The highest BCUT2D eigenvalue weighted by Gasteiger charge is 2.40. The molecule has 0 aromatic heterocycles. The number of phenols is 1. The Kier molecular flexibility index (Phi) is 14.7. The van der Waals surface area contributed by atoms with E-state index in [0.717, 1.165) is 0 Å². The van der Waals surface area contributed by atoms with Gasteiger partial charge < -0.3 is 53.4 Å². The van der Waals surface area contributed by atoms with Crippen molar-refractivity contribution in [2.45, 2.75) is 95.6 Å². The Labute approximate surface area is 268 Å². The molecule has 1 heterocycles. The summed E-state index contributed by atoms with van der Waals surface area (Å²) in [5, 5.41) is 36.6. The number of rotatable bonds is 17. The van der Waals surface area contributed by atoms with Crippen molar-refractivity contribution in [1.29, 1.82) is 0 Å². The maximum Gasteiger partial charge on any atom is 0.328 e. The number of aliphatic hydroxyl groups excluding tert-OH is 1. The topological polar surface area (TPSA) is 276 Å². The van der Waals surface area contributed by atoms with Crippen molar-refractivity contribution in [3.63, 3.8) is 0 Å². The lowest BCUT2D eigenvalue weighted by atomic mass is 10.00. The summed E-state index contributed by atoms with van der Waals surface area (Å²) in [6.07, 6.45) is 0.261.